The van der Waals surface area contributed by atoms with Gasteiger partial charge in [-0.05, 0) is 130 Å². The molecule has 0 N–H and O–H groups in total. The van der Waals surface area contributed by atoms with E-state index in [-0.39, 0.29) is 0 Å². The van der Waals surface area contributed by atoms with Crippen LogP contribution in [0.5, 0.6) is 23.0 Å². The molecule has 2 aliphatic rings. The van der Waals surface area contributed by atoms with Crippen molar-refractivity contribution in [3.63, 3.8) is 0 Å². The first kappa shape index (κ1) is 39.0. The first-order chi connectivity index (χ1) is 32.6. The Balaban J connectivity index is 0.840. The molecule has 9 aromatic carbocycles. The molecule has 0 unspecified atom stereocenters. The van der Waals surface area contributed by atoms with Crippen LogP contribution in [0.4, 0.5) is 11.4 Å². The molecule has 2 heterocycles. The van der Waals surface area contributed by atoms with Crippen molar-refractivity contribution < 1.29 is 9.47 Å². The molecular formula is C62H44N2O2. The Morgan fingerprint density at radius 2 is 0.848 bits per heavy atom. The molecule has 0 radical (unpaired) electrons. The highest BCUT2D eigenvalue weighted by atomic mass is 16.5. The van der Waals surface area contributed by atoms with Crippen LogP contribution >= 0.6 is 0 Å². The van der Waals surface area contributed by atoms with Gasteiger partial charge < -0.3 is 18.9 Å². The molecule has 4 nitrogen and oxygen atoms in total. The number of anilines is 2. The molecule has 0 saturated heterocycles. The maximum Gasteiger partial charge on any atom is 0.127 e. The van der Waals surface area contributed by atoms with E-state index in [1.54, 1.807) is 0 Å². The zero-order valence-corrected chi connectivity index (χ0v) is 36.2. The Kier molecular flexibility index (Phi) is 9.57. The van der Waals surface area contributed by atoms with E-state index < -0.39 is 5.41 Å². The van der Waals surface area contributed by atoms with Gasteiger partial charge >= 0.3 is 0 Å². The van der Waals surface area contributed by atoms with Crippen molar-refractivity contribution in [2.75, 3.05) is 11.4 Å². The van der Waals surface area contributed by atoms with Gasteiger partial charge in [-0.2, -0.15) is 0 Å². The fourth-order valence-corrected chi connectivity index (χ4v) is 10.2. The predicted molar refractivity (Wildman–Crippen MR) is 272 cm³/mol. The van der Waals surface area contributed by atoms with Gasteiger partial charge in [0.1, 0.15) is 23.0 Å². The molecule has 4 heteroatoms. The number of rotatable bonds is 8. The van der Waals surface area contributed by atoms with Crippen LogP contribution in [0.3, 0.4) is 0 Å². The summed E-state index contributed by atoms with van der Waals surface area (Å²) in [7, 11) is 0. The van der Waals surface area contributed by atoms with E-state index in [9.17, 15) is 0 Å². The van der Waals surface area contributed by atoms with Crippen molar-refractivity contribution in [2.45, 2.75) is 5.41 Å². The highest BCUT2D eigenvalue weighted by Crippen LogP contribution is 2.56. The van der Waals surface area contributed by atoms with Gasteiger partial charge in [-0.25, -0.2) is 0 Å². The summed E-state index contributed by atoms with van der Waals surface area (Å²) in [5.74, 6) is 3.10. The number of nitrogens with zero attached hydrogens (tertiary/aromatic N) is 2. The van der Waals surface area contributed by atoms with Crippen molar-refractivity contribution in [1.82, 2.24) is 4.57 Å². The molecule has 1 aliphatic heterocycles. The minimum absolute atomic E-state index is 0.563. The average Bonchev–Trinajstić information content (AvgIpc) is 3.89. The molecule has 0 spiro atoms. The van der Waals surface area contributed by atoms with Gasteiger partial charge in [0.05, 0.1) is 16.4 Å². The standard InChI is InChI=1S/C62H44N2O2/c1-43-15-3-2-14-42-63(59-23-11-6-16-52(43)59)46-30-38-50(39-31-46)65-48-34-26-44(27-35-48)62(57-21-9-4-17-53(57)54-18-5-10-22-58(54)62)45-28-36-49(37-29-45)66-51-40-32-47(33-41-51)64-60-24-12-7-19-55(60)56-20-8-13-25-61(56)64/h2-41H,1,42H2/b14-2-,15-3-. The summed E-state index contributed by atoms with van der Waals surface area (Å²) >= 11 is 0. The van der Waals surface area contributed by atoms with Gasteiger partial charge in [-0.1, -0.05) is 158 Å². The second-order valence-electron chi connectivity index (χ2n) is 16.9. The highest BCUT2D eigenvalue weighted by Gasteiger charge is 2.46. The third-order valence-corrected chi connectivity index (χ3v) is 13.2. The lowest BCUT2D eigenvalue weighted by atomic mass is 9.68. The summed E-state index contributed by atoms with van der Waals surface area (Å²) in [5, 5.41) is 2.49. The van der Waals surface area contributed by atoms with Gasteiger partial charge in [0.25, 0.3) is 0 Å². The smallest absolute Gasteiger partial charge is 0.127 e. The first-order valence-electron chi connectivity index (χ1n) is 22.5. The number of aromatic nitrogens is 1. The summed E-state index contributed by atoms with van der Waals surface area (Å²) in [6.07, 6.45) is 8.36. The van der Waals surface area contributed by atoms with Crippen LogP contribution in [0.1, 0.15) is 27.8 Å². The second kappa shape index (κ2) is 16.2. The van der Waals surface area contributed by atoms with Crippen LogP contribution in [-0.4, -0.2) is 11.1 Å². The average molecular weight is 849 g/mol. The van der Waals surface area contributed by atoms with E-state index in [0.29, 0.717) is 0 Å². The Bertz CT molecular complexity index is 3410. The summed E-state index contributed by atoms with van der Waals surface area (Å²) in [4.78, 5) is 2.31. The van der Waals surface area contributed by atoms with Crippen molar-refractivity contribution in [1.29, 1.82) is 0 Å². The van der Waals surface area contributed by atoms with Crippen molar-refractivity contribution in [3.05, 3.63) is 277 Å². The molecule has 12 rings (SSSR count). The minimum Gasteiger partial charge on any atom is -0.457 e. The SMILES string of the molecule is C=C1/C=C\C=C/CN(c2ccc(Oc3ccc(C4(c5ccc(Oc6ccc(-n7c8ccccc8c8ccccc87)cc6)cc5)c5ccccc5-c5ccccc54)cc3)cc2)c2ccccc21. The Morgan fingerprint density at radius 3 is 1.39 bits per heavy atom. The van der Waals surface area contributed by atoms with Crippen LogP contribution in [0, 0.1) is 0 Å². The van der Waals surface area contributed by atoms with E-state index in [1.165, 1.54) is 44.1 Å². The summed E-state index contributed by atoms with van der Waals surface area (Å²) < 4.78 is 15.4. The third kappa shape index (κ3) is 6.53. The largest absolute Gasteiger partial charge is 0.457 e. The van der Waals surface area contributed by atoms with E-state index in [1.807, 2.05) is 12.1 Å². The zero-order valence-electron chi connectivity index (χ0n) is 36.2. The van der Waals surface area contributed by atoms with Crippen LogP contribution < -0.4 is 14.4 Å². The maximum atomic E-state index is 6.53. The molecule has 0 saturated carbocycles. The lowest BCUT2D eigenvalue weighted by molar-refractivity contribution is 0.482. The molecule has 0 amide bonds. The van der Waals surface area contributed by atoms with Gasteiger partial charge in [-0.15, -0.1) is 0 Å². The number of allylic oxidation sites excluding steroid dienone is 4. The summed E-state index contributed by atoms with van der Waals surface area (Å²) in [6, 6.07) is 77.2. The second-order valence-corrected chi connectivity index (χ2v) is 16.9. The lowest BCUT2D eigenvalue weighted by Gasteiger charge is -2.34. The van der Waals surface area contributed by atoms with Crippen LogP contribution in [0.25, 0.3) is 44.2 Å². The van der Waals surface area contributed by atoms with Crippen LogP contribution in [0.2, 0.25) is 0 Å². The van der Waals surface area contributed by atoms with Gasteiger partial charge in [0.15, 0.2) is 0 Å². The quantitative estimate of drug-likeness (QED) is 0.152. The number of benzene rings is 9. The number of fused-ring (bicyclic) bond motifs is 7. The Hall–Kier alpha value is -8.60. The van der Waals surface area contributed by atoms with E-state index in [2.05, 4.69) is 247 Å². The molecule has 1 aromatic heterocycles. The van der Waals surface area contributed by atoms with Crippen LogP contribution in [-0.2, 0) is 5.41 Å². The van der Waals surface area contributed by atoms with Crippen molar-refractivity contribution in [2.24, 2.45) is 0 Å². The van der Waals surface area contributed by atoms with E-state index >= 15 is 0 Å². The third-order valence-electron chi connectivity index (χ3n) is 13.2. The number of para-hydroxylation sites is 3. The monoisotopic (exact) mass is 848 g/mol. The topological polar surface area (TPSA) is 26.6 Å². The predicted octanol–water partition coefficient (Wildman–Crippen LogP) is 16.0. The molecule has 0 fully saturated rings. The normalized spacial score (nSPS) is 14.7. The molecule has 10 aromatic rings. The molecule has 1 aliphatic carbocycles. The zero-order chi connectivity index (χ0) is 44.0. The van der Waals surface area contributed by atoms with Crippen molar-refractivity contribution >= 4 is 38.8 Å². The fourth-order valence-electron chi connectivity index (χ4n) is 10.2. The van der Waals surface area contributed by atoms with E-state index in [4.69, 9.17) is 9.47 Å². The molecular weight excluding hydrogens is 805 g/mol. The molecule has 314 valence electrons. The molecule has 0 atom stereocenters. The number of hydrogen-bond donors (Lipinski definition) is 0. The Morgan fingerprint density at radius 1 is 0.409 bits per heavy atom. The number of ether oxygens (including phenoxy) is 2. The summed E-state index contributed by atoms with van der Waals surface area (Å²) in [6.45, 7) is 5.06. The first-order valence-corrected chi connectivity index (χ1v) is 22.5. The van der Waals surface area contributed by atoms with E-state index in [0.717, 1.165) is 68.9 Å². The summed E-state index contributed by atoms with van der Waals surface area (Å²) in [5.41, 5.74) is 14.5. The van der Waals surface area contributed by atoms with Gasteiger partial charge in [0, 0.05) is 39.9 Å². The van der Waals surface area contributed by atoms with Gasteiger partial charge in [-0.3, -0.25) is 0 Å². The highest BCUT2D eigenvalue weighted by molar-refractivity contribution is 6.09. The van der Waals surface area contributed by atoms with Gasteiger partial charge in [0.2, 0.25) is 0 Å². The van der Waals surface area contributed by atoms with Crippen LogP contribution in [0.15, 0.2) is 249 Å². The lowest BCUT2D eigenvalue weighted by Crippen LogP contribution is -2.28. The maximum absolute atomic E-state index is 6.53. The van der Waals surface area contributed by atoms with Crippen molar-refractivity contribution in [3.8, 4) is 39.8 Å². The Labute approximate surface area is 384 Å². The minimum atomic E-state index is -0.563. The number of hydrogen-bond acceptors (Lipinski definition) is 3. The molecule has 0 bridgehead atoms. The molecule has 66 heavy (non-hydrogen) atoms. The fraction of sp³-hybridized carbons (Fsp3) is 0.0323.